The highest BCUT2D eigenvalue weighted by Crippen LogP contribution is 2.15. The van der Waals surface area contributed by atoms with Crippen LogP contribution in [0.25, 0.3) is 0 Å². The fourth-order valence-corrected chi connectivity index (χ4v) is 2.24. The van der Waals surface area contributed by atoms with Crippen LogP contribution in [0.4, 0.5) is 8.78 Å². The van der Waals surface area contributed by atoms with E-state index in [-0.39, 0.29) is 18.0 Å². The average Bonchev–Trinajstić information content (AvgIpc) is 2.62. The van der Waals surface area contributed by atoms with Crippen molar-refractivity contribution in [2.24, 2.45) is 0 Å². The van der Waals surface area contributed by atoms with E-state index in [1.807, 2.05) is 0 Å². The van der Waals surface area contributed by atoms with Gasteiger partial charge in [0.05, 0.1) is 18.2 Å². The Morgan fingerprint density at radius 1 is 1.40 bits per heavy atom. The molecular weight excluding hydrogens is 266 g/mol. The topological polar surface area (TPSA) is 49.4 Å². The number of ketones is 1. The summed E-state index contributed by atoms with van der Waals surface area (Å²) >= 11 is 0. The molecule has 20 heavy (non-hydrogen) atoms. The van der Waals surface area contributed by atoms with Gasteiger partial charge in [-0.15, -0.1) is 0 Å². The summed E-state index contributed by atoms with van der Waals surface area (Å²) in [5, 5.41) is 2.71. The normalized spacial score (nSPS) is 18.2. The number of hydrogen-bond acceptors (Lipinski definition) is 3. The molecule has 1 aliphatic rings. The number of Topliss-reactive ketones (excluding diaryl/α,β-unsaturated/α-hetero) is 1. The quantitative estimate of drug-likeness (QED) is 0.852. The summed E-state index contributed by atoms with van der Waals surface area (Å²) in [5.41, 5.74) is -0.149. The Balaban J connectivity index is 2.16. The van der Waals surface area contributed by atoms with E-state index in [9.17, 15) is 18.4 Å². The van der Waals surface area contributed by atoms with Crippen molar-refractivity contribution in [3.05, 3.63) is 35.4 Å². The lowest BCUT2D eigenvalue weighted by Crippen LogP contribution is -2.43. The van der Waals surface area contributed by atoms with Crippen LogP contribution >= 0.6 is 0 Å². The third-order valence-corrected chi connectivity index (χ3v) is 3.41. The van der Waals surface area contributed by atoms with Gasteiger partial charge in [-0.1, -0.05) is 0 Å². The van der Waals surface area contributed by atoms with Crippen molar-refractivity contribution in [3.8, 4) is 0 Å². The molecule has 0 spiro atoms. The lowest BCUT2D eigenvalue weighted by molar-refractivity contribution is -0.121. The van der Waals surface area contributed by atoms with E-state index in [2.05, 4.69) is 5.32 Å². The molecule has 1 heterocycles. The first kappa shape index (κ1) is 14.6. The molecule has 4 nitrogen and oxygen atoms in total. The fraction of sp³-hybridized carbons (Fsp3) is 0.429. The molecule has 1 fully saturated rings. The van der Waals surface area contributed by atoms with E-state index in [1.54, 1.807) is 11.8 Å². The summed E-state index contributed by atoms with van der Waals surface area (Å²) in [6, 6.07) is 2.26. The van der Waals surface area contributed by atoms with Crippen LogP contribution in [-0.2, 0) is 4.79 Å². The van der Waals surface area contributed by atoms with Gasteiger partial charge in [-0.3, -0.25) is 14.5 Å². The molecule has 1 aromatic rings. The van der Waals surface area contributed by atoms with Crippen LogP contribution in [0, 0.1) is 11.6 Å². The molecule has 0 saturated carbocycles. The standard InChI is InChI=1S/C14H16F2N2O2/c1-9(18-6-2-5-17-13(19)8-18)14(20)11-4-3-10(15)7-12(11)16/h3-4,7,9H,2,5-6,8H2,1H3,(H,17,19). The molecule has 108 valence electrons. The van der Waals surface area contributed by atoms with Gasteiger partial charge in [0.2, 0.25) is 5.91 Å². The van der Waals surface area contributed by atoms with E-state index >= 15 is 0 Å². The third kappa shape index (κ3) is 3.19. The van der Waals surface area contributed by atoms with Crippen molar-refractivity contribution >= 4 is 11.7 Å². The van der Waals surface area contributed by atoms with E-state index in [0.29, 0.717) is 19.2 Å². The molecule has 1 aliphatic heterocycles. The second kappa shape index (κ2) is 6.09. The SMILES string of the molecule is CC(C(=O)c1ccc(F)cc1F)N1CCCNC(=O)C1. The molecule has 1 saturated heterocycles. The van der Waals surface area contributed by atoms with Crippen molar-refractivity contribution in [1.29, 1.82) is 0 Å². The lowest BCUT2D eigenvalue weighted by Gasteiger charge is -2.25. The minimum atomic E-state index is -0.874. The summed E-state index contributed by atoms with van der Waals surface area (Å²) in [6.45, 7) is 2.88. The molecule has 1 atom stereocenters. The van der Waals surface area contributed by atoms with Crippen LogP contribution in [0.3, 0.4) is 0 Å². The van der Waals surface area contributed by atoms with Gasteiger partial charge in [-0.25, -0.2) is 8.78 Å². The maximum Gasteiger partial charge on any atom is 0.234 e. The van der Waals surface area contributed by atoms with Crippen LogP contribution < -0.4 is 5.32 Å². The minimum Gasteiger partial charge on any atom is -0.355 e. The number of rotatable bonds is 3. The molecule has 6 heteroatoms. The van der Waals surface area contributed by atoms with Gasteiger partial charge in [0.1, 0.15) is 11.6 Å². The zero-order valence-corrected chi connectivity index (χ0v) is 11.2. The smallest absolute Gasteiger partial charge is 0.234 e. The molecular formula is C14H16F2N2O2. The monoisotopic (exact) mass is 282 g/mol. The lowest BCUT2D eigenvalue weighted by atomic mass is 10.0. The Labute approximate surface area is 115 Å². The second-order valence-corrected chi connectivity index (χ2v) is 4.84. The molecule has 1 N–H and O–H groups in total. The van der Waals surface area contributed by atoms with Crippen LogP contribution in [0.1, 0.15) is 23.7 Å². The number of nitrogens with one attached hydrogen (secondary N) is 1. The highest BCUT2D eigenvalue weighted by atomic mass is 19.1. The molecule has 0 aliphatic carbocycles. The fourth-order valence-electron chi connectivity index (χ4n) is 2.24. The number of halogens is 2. The predicted molar refractivity (Wildman–Crippen MR) is 69.4 cm³/mol. The molecule has 0 bridgehead atoms. The van der Waals surface area contributed by atoms with Crippen LogP contribution in [0.5, 0.6) is 0 Å². The average molecular weight is 282 g/mol. The Bertz CT molecular complexity index is 534. The first-order valence-corrected chi connectivity index (χ1v) is 6.49. The van der Waals surface area contributed by atoms with Crippen LogP contribution in [0.15, 0.2) is 18.2 Å². The maximum atomic E-state index is 13.6. The minimum absolute atomic E-state index is 0.107. The van der Waals surface area contributed by atoms with Crippen LogP contribution in [-0.4, -0.2) is 42.3 Å². The Morgan fingerprint density at radius 2 is 2.15 bits per heavy atom. The zero-order valence-electron chi connectivity index (χ0n) is 11.2. The van der Waals surface area contributed by atoms with Crippen molar-refractivity contribution in [2.75, 3.05) is 19.6 Å². The molecule has 0 aromatic heterocycles. The van der Waals surface area contributed by atoms with Crippen LogP contribution in [0.2, 0.25) is 0 Å². The first-order chi connectivity index (χ1) is 9.49. The highest BCUT2D eigenvalue weighted by Gasteiger charge is 2.27. The van der Waals surface area contributed by atoms with Crippen molar-refractivity contribution in [3.63, 3.8) is 0 Å². The van der Waals surface area contributed by atoms with Gasteiger partial charge in [0.15, 0.2) is 5.78 Å². The Kier molecular flexibility index (Phi) is 4.44. The number of hydrogen-bond donors (Lipinski definition) is 1. The summed E-state index contributed by atoms with van der Waals surface area (Å²) in [5.74, 6) is -2.19. The van der Waals surface area contributed by atoms with Gasteiger partial charge in [0, 0.05) is 19.2 Å². The predicted octanol–water partition coefficient (Wildman–Crippen LogP) is 1.36. The third-order valence-electron chi connectivity index (χ3n) is 3.41. The van der Waals surface area contributed by atoms with Gasteiger partial charge in [-0.05, 0) is 25.5 Å². The largest absolute Gasteiger partial charge is 0.355 e. The first-order valence-electron chi connectivity index (χ1n) is 6.49. The van der Waals surface area contributed by atoms with E-state index in [1.165, 1.54) is 0 Å². The summed E-state index contributed by atoms with van der Waals surface area (Å²) in [6.07, 6.45) is 0.731. The number of carbonyl (C=O) groups excluding carboxylic acids is 2. The Hall–Kier alpha value is -1.82. The van der Waals surface area contributed by atoms with E-state index < -0.39 is 23.5 Å². The molecule has 0 radical (unpaired) electrons. The number of carbonyl (C=O) groups is 2. The summed E-state index contributed by atoms with van der Waals surface area (Å²) in [4.78, 5) is 25.4. The molecule has 2 rings (SSSR count). The van der Waals surface area contributed by atoms with Crippen molar-refractivity contribution < 1.29 is 18.4 Å². The second-order valence-electron chi connectivity index (χ2n) is 4.84. The summed E-state index contributed by atoms with van der Waals surface area (Å²) in [7, 11) is 0. The van der Waals surface area contributed by atoms with E-state index in [0.717, 1.165) is 18.6 Å². The van der Waals surface area contributed by atoms with Crippen molar-refractivity contribution in [1.82, 2.24) is 10.2 Å². The van der Waals surface area contributed by atoms with Gasteiger partial charge >= 0.3 is 0 Å². The number of amides is 1. The molecule has 1 amide bonds. The maximum absolute atomic E-state index is 13.6. The van der Waals surface area contributed by atoms with Crippen molar-refractivity contribution in [2.45, 2.75) is 19.4 Å². The highest BCUT2D eigenvalue weighted by molar-refractivity contribution is 6.00. The molecule has 1 aromatic carbocycles. The number of benzene rings is 1. The van der Waals surface area contributed by atoms with Gasteiger partial charge in [-0.2, -0.15) is 0 Å². The molecule has 1 unspecified atom stereocenters. The van der Waals surface area contributed by atoms with E-state index in [4.69, 9.17) is 0 Å². The van der Waals surface area contributed by atoms with Gasteiger partial charge in [0.25, 0.3) is 0 Å². The summed E-state index contributed by atoms with van der Waals surface area (Å²) < 4.78 is 26.5. The number of nitrogens with zero attached hydrogens (tertiary/aromatic N) is 1. The zero-order chi connectivity index (χ0) is 14.7. The van der Waals surface area contributed by atoms with Gasteiger partial charge < -0.3 is 5.32 Å². The Morgan fingerprint density at radius 3 is 2.85 bits per heavy atom.